The lowest BCUT2D eigenvalue weighted by Gasteiger charge is -2.33. The summed E-state index contributed by atoms with van der Waals surface area (Å²) in [5, 5.41) is 10.1. The predicted octanol–water partition coefficient (Wildman–Crippen LogP) is 5.25. The molecule has 0 aliphatic carbocycles. The number of anilines is 1. The summed E-state index contributed by atoms with van der Waals surface area (Å²) in [6.45, 7) is 9.05. The lowest BCUT2D eigenvalue weighted by Crippen LogP contribution is -2.42. The van der Waals surface area contributed by atoms with Crippen molar-refractivity contribution in [3.8, 4) is 11.1 Å². The number of ether oxygens (including phenoxy) is 1. The summed E-state index contributed by atoms with van der Waals surface area (Å²) in [6.07, 6.45) is 4.54. The van der Waals surface area contributed by atoms with Gasteiger partial charge in [0, 0.05) is 55.2 Å². The molecule has 4 heterocycles. The quantitative estimate of drug-likeness (QED) is 0.424. The fourth-order valence-electron chi connectivity index (χ4n) is 6.45. The van der Waals surface area contributed by atoms with E-state index in [1.807, 2.05) is 49.6 Å². The highest BCUT2D eigenvalue weighted by atomic mass is 19.1. The second-order valence-corrected chi connectivity index (χ2v) is 12.7. The van der Waals surface area contributed by atoms with Crippen LogP contribution in [0.5, 0.6) is 0 Å². The van der Waals surface area contributed by atoms with E-state index in [-0.39, 0.29) is 23.8 Å². The molecule has 0 bridgehead atoms. The Morgan fingerprint density at radius 2 is 1.68 bits per heavy atom. The number of hydrogen-bond acceptors (Lipinski definition) is 6. The van der Waals surface area contributed by atoms with Crippen LogP contribution in [0.15, 0.2) is 42.7 Å². The van der Waals surface area contributed by atoms with Crippen molar-refractivity contribution in [3.63, 3.8) is 0 Å². The van der Waals surface area contributed by atoms with Gasteiger partial charge in [0.15, 0.2) is 6.04 Å². The summed E-state index contributed by atoms with van der Waals surface area (Å²) < 4.78 is 22.9. The van der Waals surface area contributed by atoms with Gasteiger partial charge in [-0.15, -0.1) is 0 Å². The lowest BCUT2D eigenvalue weighted by molar-refractivity contribution is -0.142. The number of imidazole rings is 1. The number of rotatable bonds is 5. The van der Waals surface area contributed by atoms with E-state index in [1.54, 1.807) is 17.3 Å². The van der Waals surface area contributed by atoms with Gasteiger partial charge in [0.1, 0.15) is 11.4 Å². The molecule has 3 aliphatic heterocycles. The van der Waals surface area contributed by atoms with Crippen molar-refractivity contribution in [3.05, 3.63) is 71.1 Å². The molecular weight excluding hydrogens is 565 g/mol. The van der Waals surface area contributed by atoms with Crippen molar-refractivity contribution in [2.24, 2.45) is 0 Å². The fourth-order valence-corrected chi connectivity index (χ4v) is 6.45. The Morgan fingerprint density at radius 1 is 0.977 bits per heavy atom. The maximum atomic E-state index is 15.5. The Labute approximate surface area is 256 Å². The molecular formula is C33H38FN5O5. The van der Waals surface area contributed by atoms with Gasteiger partial charge in [-0.3, -0.25) is 4.79 Å². The van der Waals surface area contributed by atoms with Crippen molar-refractivity contribution in [1.29, 1.82) is 0 Å². The van der Waals surface area contributed by atoms with Crippen molar-refractivity contribution in [1.82, 2.24) is 19.4 Å². The summed E-state index contributed by atoms with van der Waals surface area (Å²) in [7, 11) is 0. The molecule has 0 saturated carbocycles. The molecule has 11 heteroatoms. The third-order valence-electron chi connectivity index (χ3n) is 8.54. The van der Waals surface area contributed by atoms with Crippen molar-refractivity contribution < 1.29 is 28.6 Å². The Kier molecular flexibility index (Phi) is 7.81. The number of fused-ring (bicyclic) bond motifs is 2. The van der Waals surface area contributed by atoms with Crippen LogP contribution in [-0.4, -0.2) is 74.2 Å². The third kappa shape index (κ3) is 5.75. The molecule has 0 spiro atoms. The van der Waals surface area contributed by atoms with E-state index in [4.69, 9.17) is 4.74 Å². The molecule has 1 atom stereocenters. The number of aliphatic carboxylic acids is 1. The number of nitrogens with zero attached hydrogens (tertiary/aromatic N) is 5. The summed E-state index contributed by atoms with van der Waals surface area (Å²) in [6, 6.07) is 9.59. The molecule has 44 heavy (non-hydrogen) atoms. The highest BCUT2D eigenvalue weighted by molar-refractivity contribution is 6.01. The standard InChI is InChI=1S/C33H38FN5O5/c1-33(2,3)44-32(43)37-15-5-13-36(14-6-16-37)23-10-8-21(9-11-23)22-17-24-25(26(34)18-22)19-39(30(24)40)29(31(41)42)28-27-7-4-12-38(27)20-35-28/h8-11,17-18,20,29H,4-7,12-16,19H2,1-3H3,(H,41,42). The summed E-state index contributed by atoms with van der Waals surface area (Å²) >= 11 is 0. The molecule has 1 unspecified atom stereocenters. The fraction of sp³-hybridized carbons (Fsp3) is 0.455. The number of amides is 2. The Hall–Kier alpha value is -4.41. The number of aromatic nitrogens is 2. The first-order valence-electron chi connectivity index (χ1n) is 15.2. The summed E-state index contributed by atoms with van der Waals surface area (Å²) in [5.74, 6) is -2.22. The number of halogens is 1. The van der Waals surface area contributed by atoms with Gasteiger partial charge >= 0.3 is 12.1 Å². The van der Waals surface area contributed by atoms with Crippen molar-refractivity contribution in [2.75, 3.05) is 31.1 Å². The zero-order valence-corrected chi connectivity index (χ0v) is 25.4. The number of aryl methyl sites for hydroxylation is 1. The Morgan fingerprint density at radius 3 is 2.34 bits per heavy atom. The first kappa shape index (κ1) is 29.7. The number of benzene rings is 2. The minimum absolute atomic E-state index is 0.122. The van der Waals surface area contributed by atoms with Crippen molar-refractivity contribution >= 4 is 23.7 Å². The van der Waals surface area contributed by atoms with Crippen LogP contribution in [0.3, 0.4) is 0 Å². The first-order valence-corrected chi connectivity index (χ1v) is 15.2. The van der Waals surface area contributed by atoms with E-state index in [9.17, 15) is 19.5 Å². The number of carbonyl (C=O) groups is 3. The molecule has 1 fully saturated rings. The van der Waals surface area contributed by atoms with Gasteiger partial charge in [-0.2, -0.15) is 0 Å². The maximum absolute atomic E-state index is 15.5. The number of hydrogen-bond donors (Lipinski definition) is 1. The number of carbonyl (C=O) groups excluding carboxylic acids is 2. The molecule has 6 rings (SSSR count). The molecule has 0 radical (unpaired) electrons. The van der Waals surface area contributed by atoms with Crippen LogP contribution in [0, 0.1) is 5.82 Å². The van der Waals surface area contributed by atoms with E-state index in [0.717, 1.165) is 55.8 Å². The average Bonchev–Trinajstić information content (AvgIpc) is 3.65. The van der Waals surface area contributed by atoms with Crippen LogP contribution in [0.2, 0.25) is 0 Å². The minimum Gasteiger partial charge on any atom is -0.479 e. The topological polar surface area (TPSA) is 108 Å². The SMILES string of the molecule is CC(C)(C)OC(=O)N1CCCN(c2ccc(-c3cc(F)c4c(c3)C(=O)N(C(C(=O)O)c3ncn5c3CCC5)C4)cc2)CCC1. The van der Waals surface area contributed by atoms with Gasteiger partial charge in [-0.1, -0.05) is 12.1 Å². The second-order valence-electron chi connectivity index (χ2n) is 12.7. The normalized spacial score (nSPS) is 17.6. The number of carboxylic acids is 1. The Bertz CT molecular complexity index is 1580. The van der Waals surface area contributed by atoms with E-state index < -0.39 is 29.3 Å². The van der Waals surface area contributed by atoms with Gasteiger partial charge in [0.25, 0.3) is 5.91 Å². The molecule has 1 saturated heterocycles. The molecule has 232 valence electrons. The largest absolute Gasteiger partial charge is 0.479 e. The summed E-state index contributed by atoms with van der Waals surface area (Å²) in [4.78, 5) is 48.1. The van der Waals surface area contributed by atoms with Gasteiger partial charge in [0.2, 0.25) is 0 Å². The van der Waals surface area contributed by atoms with Crippen LogP contribution in [0.4, 0.5) is 14.9 Å². The zero-order chi connectivity index (χ0) is 31.2. The Balaban J connectivity index is 1.16. The number of carboxylic acid groups (broad SMARTS) is 1. The van der Waals surface area contributed by atoms with Crippen LogP contribution < -0.4 is 4.90 Å². The highest BCUT2D eigenvalue weighted by Gasteiger charge is 2.42. The molecule has 3 aliphatic rings. The van der Waals surface area contributed by atoms with Crippen LogP contribution in [0.1, 0.15) is 73.4 Å². The first-order chi connectivity index (χ1) is 21.0. The molecule has 1 N–H and O–H groups in total. The monoisotopic (exact) mass is 603 g/mol. The van der Waals surface area contributed by atoms with Crippen LogP contribution in [0.25, 0.3) is 11.1 Å². The molecule has 2 aromatic carbocycles. The summed E-state index contributed by atoms with van der Waals surface area (Å²) in [5.41, 5.74) is 3.38. The third-order valence-corrected chi connectivity index (χ3v) is 8.54. The van der Waals surface area contributed by atoms with Gasteiger partial charge in [-0.05, 0) is 81.8 Å². The van der Waals surface area contributed by atoms with E-state index in [2.05, 4.69) is 9.88 Å². The van der Waals surface area contributed by atoms with Crippen molar-refractivity contribution in [2.45, 2.75) is 71.2 Å². The molecule has 10 nitrogen and oxygen atoms in total. The van der Waals surface area contributed by atoms with E-state index in [0.29, 0.717) is 30.8 Å². The van der Waals surface area contributed by atoms with Gasteiger partial charge in [-0.25, -0.2) is 19.0 Å². The molecule has 2 amide bonds. The molecule has 3 aromatic rings. The average molecular weight is 604 g/mol. The second kappa shape index (κ2) is 11.6. The van der Waals surface area contributed by atoms with Gasteiger partial charge < -0.3 is 29.1 Å². The minimum atomic E-state index is -1.28. The zero-order valence-electron chi connectivity index (χ0n) is 25.4. The highest BCUT2D eigenvalue weighted by Crippen LogP contribution is 2.37. The lowest BCUT2D eigenvalue weighted by atomic mass is 9.99. The van der Waals surface area contributed by atoms with Crippen LogP contribution >= 0.6 is 0 Å². The maximum Gasteiger partial charge on any atom is 0.410 e. The van der Waals surface area contributed by atoms with E-state index in [1.165, 1.54) is 11.0 Å². The molecule has 1 aromatic heterocycles. The smallest absolute Gasteiger partial charge is 0.410 e. The van der Waals surface area contributed by atoms with Crippen LogP contribution in [-0.2, 0) is 29.0 Å². The van der Waals surface area contributed by atoms with Gasteiger partial charge in [0.05, 0.1) is 18.6 Å². The van der Waals surface area contributed by atoms with E-state index >= 15 is 4.39 Å². The predicted molar refractivity (Wildman–Crippen MR) is 162 cm³/mol.